The van der Waals surface area contributed by atoms with Crippen molar-refractivity contribution < 1.29 is 9.47 Å². The summed E-state index contributed by atoms with van der Waals surface area (Å²) in [4.78, 5) is 1.42. The first-order valence-corrected chi connectivity index (χ1v) is 8.06. The summed E-state index contributed by atoms with van der Waals surface area (Å²) in [5.41, 5.74) is 0. The zero-order chi connectivity index (χ0) is 13.9. The van der Waals surface area contributed by atoms with Gasteiger partial charge >= 0.3 is 0 Å². The van der Waals surface area contributed by atoms with Crippen molar-refractivity contribution >= 4 is 33.2 Å². The van der Waals surface area contributed by atoms with Gasteiger partial charge in [-0.3, -0.25) is 0 Å². The SMILES string of the molecule is COCOc1ccc2sc(CSC(C)(C)C)cc2c1. The number of ether oxygens (including phenoxy) is 2. The van der Waals surface area contributed by atoms with Gasteiger partial charge in [0, 0.05) is 27.2 Å². The Morgan fingerprint density at radius 2 is 2.00 bits per heavy atom. The molecule has 0 fully saturated rings. The van der Waals surface area contributed by atoms with E-state index >= 15 is 0 Å². The van der Waals surface area contributed by atoms with Crippen LogP contribution in [0.4, 0.5) is 0 Å². The van der Waals surface area contributed by atoms with Crippen LogP contribution in [-0.2, 0) is 10.5 Å². The van der Waals surface area contributed by atoms with Crippen molar-refractivity contribution in [1.29, 1.82) is 0 Å². The van der Waals surface area contributed by atoms with E-state index in [1.807, 2.05) is 29.2 Å². The number of hydrogen-bond donors (Lipinski definition) is 0. The molecule has 104 valence electrons. The summed E-state index contributed by atoms with van der Waals surface area (Å²) in [6, 6.07) is 8.46. The van der Waals surface area contributed by atoms with Gasteiger partial charge in [0.25, 0.3) is 0 Å². The van der Waals surface area contributed by atoms with Crippen LogP contribution in [0.5, 0.6) is 5.75 Å². The van der Waals surface area contributed by atoms with Crippen LogP contribution in [0.2, 0.25) is 0 Å². The van der Waals surface area contributed by atoms with Crippen LogP contribution in [0.15, 0.2) is 24.3 Å². The van der Waals surface area contributed by atoms with Crippen molar-refractivity contribution in [3.8, 4) is 5.75 Å². The molecule has 1 aromatic heterocycles. The average Bonchev–Trinajstić information content (AvgIpc) is 2.75. The fourth-order valence-electron chi connectivity index (χ4n) is 1.65. The number of fused-ring (bicyclic) bond motifs is 1. The molecule has 4 heteroatoms. The molecule has 1 heterocycles. The molecule has 0 amide bonds. The second-order valence-corrected chi connectivity index (χ2v) is 8.33. The summed E-state index contributed by atoms with van der Waals surface area (Å²) < 4.78 is 12.0. The van der Waals surface area contributed by atoms with Crippen LogP contribution in [0.1, 0.15) is 25.6 Å². The highest BCUT2D eigenvalue weighted by atomic mass is 32.2. The molecule has 0 saturated heterocycles. The van der Waals surface area contributed by atoms with Gasteiger partial charge in [0.15, 0.2) is 6.79 Å². The molecule has 0 unspecified atom stereocenters. The molecule has 0 radical (unpaired) electrons. The first kappa shape index (κ1) is 14.7. The molecular weight excluding hydrogens is 276 g/mol. The van der Waals surface area contributed by atoms with Gasteiger partial charge in [-0.25, -0.2) is 0 Å². The molecule has 0 saturated carbocycles. The van der Waals surface area contributed by atoms with Crippen molar-refractivity contribution in [1.82, 2.24) is 0 Å². The van der Waals surface area contributed by atoms with Gasteiger partial charge in [-0.2, -0.15) is 11.8 Å². The van der Waals surface area contributed by atoms with E-state index in [0.29, 0.717) is 11.5 Å². The van der Waals surface area contributed by atoms with Crippen LogP contribution < -0.4 is 4.74 Å². The minimum Gasteiger partial charge on any atom is -0.468 e. The molecule has 0 N–H and O–H groups in total. The van der Waals surface area contributed by atoms with Crippen LogP contribution in [0.3, 0.4) is 0 Å². The summed E-state index contributed by atoms with van der Waals surface area (Å²) in [5, 5.41) is 1.25. The van der Waals surface area contributed by atoms with Gasteiger partial charge in [-0.15, -0.1) is 11.3 Å². The first-order chi connectivity index (χ1) is 8.98. The topological polar surface area (TPSA) is 18.5 Å². The van der Waals surface area contributed by atoms with Crippen molar-refractivity contribution in [2.45, 2.75) is 31.3 Å². The van der Waals surface area contributed by atoms with Gasteiger partial charge in [-0.05, 0) is 29.7 Å². The fraction of sp³-hybridized carbons (Fsp3) is 0.467. The zero-order valence-corrected chi connectivity index (χ0v) is 13.5. The van der Waals surface area contributed by atoms with Gasteiger partial charge in [0.1, 0.15) is 5.75 Å². The Morgan fingerprint density at radius 3 is 2.68 bits per heavy atom. The van der Waals surface area contributed by atoms with E-state index in [1.165, 1.54) is 15.0 Å². The minimum absolute atomic E-state index is 0.294. The number of rotatable bonds is 5. The van der Waals surface area contributed by atoms with Gasteiger partial charge in [0.2, 0.25) is 0 Å². The third kappa shape index (κ3) is 4.41. The highest BCUT2D eigenvalue weighted by Crippen LogP contribution is 2.34. The number of methoxy groups -OCH3 is 1. The van der Waals surface area contributed by atoms with E-state index in [0.717, 1.165) is 11.5 Å². The lowest BCUT2D eigenvalue weighted by atomic mass is 10.2. The van der Waals surface area contributed by atoms with E-state index in [2.05, 4.69) is 39.0 Å². The Morgan fingerprint density at radius 1 is 1.21 bits per heavy atom. The van der Waals surface area contributed by atoms with Crippen LogP contribution in [0.25, 0.3) is 10.1 Å². The van der Waals surface area contributed by atoms with E-state index in [-0.39, 0.29) is 0 Å². The maximum atomic E-state index is 5.46. The normalized spacial score (nSPS) is 12.0. The smallest absolute Gasteiger partial charge is 0.188 e. The third-order valence-electron chi connectivity index (χ3n) is 2.53. The van der Waals surface area contributed by atoms with Gasteiger partial charge < -0.3 is 9.47 Å². The molecule has 0 atom stereocenters. The Balaban J connectivity index is 2.11. The molecule has 2 nitrogen and oxygen atoms in total. The molecule has 0 aliphatic heterocycles. The lowest BCUT2D eigenvalue weighted by Crippen LogP contribution is -2.06. The lowest BCUT2D eigenvalue weighted by molar-refractivity contribution is 0.0512. The van der Waals surface area contributed by atoms with Crippen molar-refractivity contribution in [3.05, 3.63) is 29.1 Å². The third-order valence-corrected chi connectivity index (χ3v) is 5.15. The Kier molecular flexibility index (Phi) is 4.76. The number of thioether (sulfide) groups is 1. The largest absolute Gasteiger partial charge is 0.468 e. The van der Waals surface area contributed by atoms with Gasteiger partial charge in [0.05, 0.1) is 0 Å². The van der Waals surface area contributed by atoms with Crippen LogP contribution in [0, 0.1) is 0 Å². The van der Waals surface area contributed by atoms with E-state index in [9.17, 15) is 0 Å². The highest BCUT2D eigenvalue weighted by Gasteiger charge is 2.12. The van der Waals surface area contributed by atoms with Crippen molar-refractivity contribution in [3.63, 3.8) is 0 Å². The molecule has 0 aliphatic carbocycles. The summed E-state index contributed by atoms with van der Waals surface area (Å²) >= 11 is 3.84. The van der Waals surface area contributed by atoms with Crippen LogP contribution >= 0.6 is 23.1 Å². The van der Waals surface area contributed by atoms with Crippen LogP contribution in [-0.4, -0.2) is 18.6 Å². The minimum atomic E-state index is 0.294. The summed E-state index contributed by atoms with van der Waals surface area (Å²) in [7, 11) is 1.63. The second-order valence-electron chi connectivity index (χ2n) is 5.36. The summed E-state index contributed by atoms with van der Waals surface area (Å²) in [5.74, 6) is 1.93. The number of hydrogen-bond acceptors (Lipinski definition) is 4. The maximum Gasteiger partial charge on any atom is 0.188 e. The Hall–Kier alpha value is -0.710. The molecule has 0 bridgehead atoms. The number of benzene rings is 1. The molecular formula is C15H20O2S2. The fourth-order valence-corrected chi connectivity index (χ4v) is 3.56. The van der Waals surface area contributed by atoms with Crippen molar-refractivity contribution in [2.24, 2.45) is 0 Å². The first-order valence-electron chi connectivity index (χ1n) is 6.26. The average molecular weight is 296 g/mol. The van der Waals surface area contributed by atoms with Crippen molar-refractivity contribution in [2.75, 3.05) is 13.9 Å². The van der Waals surface area contributed by atoms with E-state index in [4.69, 9.17) is 9.47 Å². The Bertz CT molecular complexity index is 541. The van der Waals surface area contributed by atoms with E-state index < -0.39 is 0 Å². The molecule has 2 rings (SSSR count). The molecule has 19 heavy (non-hydrogen) atoms. The standard InChI is InChI=1S/C15H20O2S2/c1-15(2,3)18-9-13-8-11-7-12(17-10-16-4)5-6-14(11)19-13/h5-8H,9-10H2,1-4H3. The molecule has 1 aromatic carbocycles. The number of thiophene rings is 1. The molecule has 0 aliphatic rings. The second kappa shape index (κ2) is 6.16. The van der Waals surface area contributed by atoms with E-state index in [1.54, 1.807) is 7.11 Å². The predicted octanol–water partition coefficient (Wildman–Crippen LogP) is 4.92. The molecule has 2 aromatic rings. The highest BCUT2D eigenvalue weighted by molar-refractivity contribution is 7.99. The maximum absolute atomic E-state index is 5.46. The summed E-state index contributed by atoms with van der Waals surface area (Å²) in [6.45, 7) is 7.05. The Labute approximate surface area is 123 Å². The molecule has 0 spiro atoms. The van der Waals surface area contributed by atoms with Gasteiger partial charge in [-0.1, -0.05) is 20.8 Å². The summed E-state index contributed by atoms with van der Waals surface area (Å²) in [6.07, 6.45) is 0. The predicted molar refractivity (Wildman–Crippen MR) is 85.4 cm³/mol. The quantitative estimate of drug-likeness (QED) is 0.730. The monoisotopic (exact) mass is 296 g/mol. The lowest BCUT2D eigenvalue weighted by Gasteiger charge is -2.16. The zero-order valence-electron chi connectivity index (χ0n) is 11.9.